The molecular weight excluding hydrogens is 358 g/mol. The molecule has 0 aliphatic carbocycles. The smallest absolute Gasteiger partial charge is 0.370 e. The van der Waals surface area contributed by atoms with Crippen LogP contribution in [0.5, 0.6) is 0 Å². The highest BCUT2D eigenvalue weighted by Gasteiger charge is 2.45. The molecule has 0 aromatic heterocycles. The summed E-state index contributed by atoms with van der Waals surface area (Å²) in [6.07, 6.45) is -3.69. The minimum atomic E-state index is -4.48. The van der Waals surface area contributed by atoms with Gasteiger partial charge in [0.05, 0.1) is 16.9 Å². The van der Waals surface area contributed by atoms with Crippen LogP contribution in [-0.4, -0.2) is 26.2 Å². The van der Waals surface area contributed by atoms with Gasteiger partial charge in [-0.15, -0.1) is 0 Å². The summed E-state index contributed by atoms with van der Waals surface area (Å²) in [5.74, 6) is -0.497. The molecule has 2 heterocycles. The van der Waals surface area contributed by atoms with E-state index in [1.54, 1.807) is 37.1 Å². The van der Waals surface area contributed by atoms with Crippen LogP contribution in [0.1, 0.15) is 29.0 Å². The molecule has 2 aliphatic heterocycles. The molecule has 0 saturated carbocycles. The van der Waals surface area contributed by atoms with Crippen LogP contribution in [0.2, 0.25) is 0 Å². The number of nitrogens with zero attached hydrogens (tertiary/aromatic N) is 1. The third-order valence-corrected chi connectivity index (χ3v) is 5.54. The molecule has 1 saturated heterocycles. The number of anilines is 3. The largest absolute Gasteiger partial charge is 0.418 e. The minimum absolute atomic E-state index is 0.00975. The van der Waals surface area contributed by atoms with Crippen molar-refractivity contribution in [3.8, 4) is 0 Å². The fourth-order valence-electron chi connectivity index (χ4n) is 4.29. The van der Waals surface area contributed by atoms with Crippen LogP contribution in [0.3, 0.4) is 0 Å². The van der Waals surface area contributed by atoms with Gasteiger partial charge in [0, 0.05) is 31.2 Å². The maximum absolute atomic E-state index is 14.2. The first kappa shape index (κ1) is 18.1. The lowest BCUT2D eigenvalue weighted by atomic mass is 9.89. The second-order valence-electron chi connectivity index (χ2n) is 7.35. The highest BCUT2D eigenvalue weighted by molar-refractivity contribution is 5.74. The number of benzene rings is 2. The van der Waals surface area contributed by atoms with Crippen LogP contribution in [-0.2, 0) is 6.18 Å². The van der Waals surface area contributed by atoms with Crippen LogP contribution in [0.4, 0.5) is 34.6 Å². The molecule has 7 heteroatoms. The van der Waals surface area contributed by atoms with Crippen molar-refractivity contribution in [2.45, 2.75) is 31.5 Å². The lowest BCUT2D eigenvalue weighted by Crippen LogP contribution is -2.42. The molecule has 0 spiro atoms. The Morgan fingerprint density at radius 3 is 2.67 bits per heavy atom. The average molecular weight is 379 g/mol. The van der Waals surface area contributed by atoms with E-state index < -0.39 is 17.6 Å². The van der Waals surface area contributed by atoms with Crippen LogP contribution >= 0.6 is 0 Å². The first-order valence-corrected chi connectivity index (χ1v) is 8.97. The lowest BCUT2D eigenvalue weighted by molar-refractivity contribution is -0.137. The molecule has 0 unspecified atom stereocenters. The summed E-state index contributed by atoms with van der Waals surface area (Å²) < 4.78 is 55.6. The van der Waals surface area contributed by atoms with Crippen molar-refractivity contribution in [3.63, 3.8) is 0 Å². The number of nitrogens with one attached hydrogen (secondary N) is 2. The van der Waals surface area contributed by atoms with Crippen molar-refractivity contribution >= 4 is 17.1 Å². The number of hydrogen-bond acceptors (Lipinski definition) is 3. The molecule has 2 N–H and O–H groups in total. The number of hydrogen-bond donors (Lipinski definition) is 2. The van der Waals surface area contributed by atoms with Crippen molar-refractivity contribution in [2.75, 3.05) is 30.4 Å². The summed E-state index contributed by atoms with van der Waals surface area (Å²) in [5.41, 5.74) is 1.41. The van der Waals surface area contributed by atoms with Gasteiger partial charge in [0.2, 0.25) is 0 Å². The van der Waals surface area contributed by atoms with E-state index in [0.29, 0.717) is 12.1 Å². The number of piperidine rings is 1. The summed E-state index contributed by atoms with van der Waals surface area (Å²) in [7, 11) is 1.73. The molecule has 2 aliphatic rings. The Kier molecular flexibility index (Phi) is 4.29. The topological polar surface area (TPSA) is 27.3 Å². The Balaban J connectivity index is 1.81. The van der Waals surface area contributed by atoms with E-state index in [-0.39, 0.29) is 29.0 Å². The van der Waals surface area contributed by atoms with Gasteiger partial charge in [-0.2, -0.15) is 13.2 Å². The van der Waals surface area contributed by atoms with Gasteiger partial charge >= 0.3 is 6.18 Å². The third-order valence-electron chi connectivity index (χ3n) is 5.54. The van der Waals surface area contributed by atoms with Gasteiger partial charge in [0.1, 0.15) is 5.82 Å². The van der Waals surface area contributed by atoms with Crippen molar-refractivity contribution in [1.29, 1.82) is 0 Å². The van der Waals surface area contributed by atoms with Crippen LogP contribution < -0.4 is 15.5 Å². The van der Waals surface area contributed by atoms with Crippen LogP contribution in [0.25, 0.3) is 0 Å². The van der Waals surface area contributed by atoms with Crippen molar-refractivity contribution in [1.82, 2.24) is 5.32 Å². The Bertz CT molecular complexity index is 878. The Hall–Kier alpha value is -2.28. The van der Waals surface area contributed by atoms with Crippen LogP contribution in [0, 0.1) is 12.7 Å². The van der Waals surface area contributed by atoms with E-state index in [2.05, 4.69) is 10.6 Å². The third kappa shape index (κ3) is 3.14. The first-order valence-electron chi connectivity index (χ1n) is 8.97. The zero-order valence-corrected chi connectivity index (χ0v) is 15.1. The highest BCUT2D eigenvalue weighted by atomic mass is 19.4. The van der Waals surface area contributed by atoms with E-state index >= 15 is 0 Å². The minimum Gasteiger partial charge on any atom is -0.370 e. The van der Waals surface area contributed by atoms with E-state index in [1.165, 1.54) is 6.07 Å². The van der Waals surface area contributed by atoms with Gasteiger partial charge in [0.25, 0.3) is 0 Å². The van der Waals surface area contributed by atoms with Gasteiger partial charge in [-0.05, 0) is 55.3 Å². The fourth-order valence-corrected chi connectivity index (χ4v) is 4.29. The number of fused-ring (bicyclic) bond motifs is 3. The van der Waals surface area contributed by atoms with Gasteiger partial charge in [-0.3, -0.25) is 0 Å². The molecule has 2 atom stereocenters. The molecule has 144 valence electrons. The molecule has 0 radical (unpaired) electrons. The van der Waals surface area contributed by atoms with Crippen molar-refractivity contribution < 1.29 is 17.6 Å². The second kappa shape index (κ2) is 6.41. The lowest BCUT2D eigenvalue weighted by Gasteiger charge is -2.31. The molecule has 1 fully saturated rings. The summed E-state index contributed by atoms with van der Waals surface area (Å²) >= 11 is 0. The fraction of sp³-hybridized carbons (Fsp3) is 0.400. The van der Waals surface area contributed by atoms with Gasteiger partial charge in [0.15, 0.2) is 0 Å². The molecule has 4 rings (SSSR count). The maximum Gasteiger partial charge on any atom is 0.418 e. The average Bonchev–Trinajstić information content (AvgIpc) is 2.89. The molecule has 2 aromatic rings. The molecule has 27 heavy (non-hydrogen) atoms. The Morgan fingerprint density at radius 1 is 1.19 bits per heavy atom. The number of likely N-dealkylation sites (N-methyl/N-ethyl adjacent to an activating group) is 1. The molecular formula is C20H21F4N3. The van der Waals surface area contributed by atoms with Crippen molar-refractivity contribution in [2.24, 2.45) is 0 Å². The predicted molar refractivity (Wildman–Crippen MR) is 98.3 cm³/mol. The summed E-state index contributed by atoms with van der Waals surface area (Å²) in [6, 6.07) is 7.49. The second-order valence-corrected chi connectivity index (χ2v) is 7.35. The molecule has 0 bridgehead atoms. The standard InChI is InChI=1S/C20H21F4N3/c1-11-3-4-17(16(21)7-11)26-12-8-13-14-10-25-6-5-18(14)27(2)19(13)15(9-12)20(22,23)24/h3-4,7-9,14,18,25-26H,5-6,10H2,1-2H3/t14-,18-/m0/s1. The monoisotopic (exact) mass is 379 g/mol. The maximum atomic E-state index is 14.2. The summed E-state index contributed by atoms with van der Waals surface area (Å²) in [6.45, 7) is 3.19. The normalized spacial score (nSPS) is 21.8. The summed E-state index contributed by atoms with van der Waals surface area (Å²) in [5, 5.41) is 6.11. The van der Waals surface area contributed by atoms with Gasteiger partial charge < -0.3 is 15.5 Å². The number of halogens is 4. The molecule has 0 amide bonds. The van der Waals surface area contributed by atoms with E-state index in [0.717, 1.165) is 24.6 Å². The van der Waals surface area contributed by atoms with E-state index in [4.69, 9.17) is 0 Å². The molecule has 3 nitrogen and oxygen atoms in total. The van der Waals surface area contributed by atoms with Gasteiger partial charge in [-0.1, -0.05) is 6.07 Å². The number of aryl methyl sites for hydroxylation is 1. The zero-order valence-electron chi connectivity index (χ0n) is 15.1. The Morgan fingerprint density at radius 2 is 1.96 bits per heavy atom. The quantitative estimate of drug-likeness (QED) is 0.735. The van der Waals surface area contributed by atoms with Crippen molar-refractivity contribution in [3.05, 3.63) is 52.8 Å². The number of alkyl halides is 3. The van der Waals surface area contributed by atoms with E-state index in [1.807, 2.05) is 0 Å². The highest BCUT2D eigenvalue weighted by Crippen LogP contribution is 2.50. The SMILES string of the molecule is Cc1ccc(Nc2cc3c(c(C(F)(F)F)c2)N(C)[C@H]2CCNC[C@@H]32)c(F)c1. The molecule has 2 aromatic carbocycles. The predicted octanol–water partition coefficient (Wildman–Crippen LogP) is 4.79. The Labute approximate surface area is 155 Å². The summed E-state index contributed by atoms with van der Waals surface area (Å²) in [4.78, 5) is 1.76. The first-order chi connectivity index (χ1) is 12.8. The number of rotatable bonds is 2. The zero-order chi connectivity index (χ0) is 19.3. The van der Waals surface area contributed by atoms with Crippen LogP contribution in [0.15, 0.2) is 30.3 Å². The van der Waals surface area contributed by atoms with E-state index in [9.17, 15) is 17.6 Å². The van der Waals surface area contributed by atoms with Gasteiger partial charge in [-0.25, -0.2) is 4.39 Å².